The minimum Gasteiger partial charge on any atom is -0.494 e. The van der Waals surface area contributed by atoms with Crippen molar-refractivity contribution in [1.82, 2.24) is 10.6 Å². The van der Waals surface area contributed by atoms with Crippen molar-refractivity contribution in [2.24, 2.45) is 0 Å². The van der Waals surface area contributed by atoms with Gasteiger partial charge >= 0.3 is 18.0 Å². The molecule has 0 spiro atoms. The van der Waals surface area contributed by atoms with E-state index in [0.717, 1.165) is 79.4 Å². The van der Waals surface area contributed by atoms with Gasteiger partial charge in [0, 0.05) is 18.9 Å². The summed E-state index contributed by atoms with van der Waals surface area (Å²) in [6, 6.07) is 22.1. The van der Waals surface area contributed by atoms with Crippen LogP contribution in [-0.2, 0) is 19.1 Å². The van der Waals surface area contributed by atoms with Crippen LogP contribution < -0.4 is 15.4 Å². The molecule has 0 radical (unpaired) electrons. The molecule has 0 fully saturated rings. The van der Waals surface area contributed by atoms with Gasteiger partial charge in [0.2, 0.25) is 5.91 Å². The molecule has 3 N–H and O–H groups in total. The fourth-order valence-electron chi connectivity index (χ4n) is 6.33. The van der Waals surface area contributed by atoms with Crippen molar-refractivity contribution in [3.63, 3.8) is 0 Å². The molecule has 4 rings (SSSR count). The lowest BCUT2D eigenvalue weighted by Gasteiger charge is -2.19. The zero-order valence-electron chi connectivity index (χ0n) is 30.8. The van der Waals surface area contributed by atoms with E-state index in [0.29, 0.717) is 18.6 Å². The zero-order valence-corrected chi connectivity index (χ0v) is 30.8. The summed E-state index contributed by atoms with van der Waals surface area (Å²) >= 11 is 0. The van der Waals surface area contributed by atoms with E-state index in [1.54, 1.807) is 24.3 Å². The number of rotatable bonds is 21. The molecule has 1 atom stereocenters. The lowest BCUT2D eigenvalue weighted by molar-refractivity contribution is -0.142. The summed E-state index contributed by atoms with van der Waals surface area (Å²) < 4.78 is 16.7. The first-order chi connectivity index (χ1) is 25.0. The molecular formula is C42H54N2O8. The third-order valence-corrected chi connectivity index (χ3v) is 8.99. The van der Waals surface area contributed by atoms with E-state index < -0.39 is 23.7 Å². The Morgan fingerprint density at radius 1 is 0.750 bits per heavy atom. The van der Waals surface area contributed by atoms with E-state index in [-0.39, 0.29) is 43.8 Å². The normalized spacial score (nSPS) is 12.7. The van der Waals surface area contributed by atoms with Gasteiger partial charge in [0.05, 0.1) is 12.2 Å². The molecule has 0 heterocycles. The SMILES string of the molecule is CC(C)(C)OC(=O)c1ccc(OCCCCCCCCCCCC(=O)NC(CCNC(=O)OCC2c3ccccc3-c3ccccc32)C(=O)O)cc1. The Hall–Kier alpha value is -4.86. The Morgan fingerprint density at radius 2 is 1.31 bits per heavy atom. The van der Waals surface area contributed by atoms with E-state index in [2.05, 4.69) is 22.8 Å². The van der Waals surface area contributed by atoms with E-state index in [1.807, 2.05) is 57.2 Å². The van der Waals surface area contributed by atoms with Crippen molar-refractivity contribution in [2.45, 2.75) is 109 Å². The summed E-state index contributed by atoms with van der Waals surface area (Å²) in [6.07, 6.45) is 8.92. The van der Waals surface area contributed by atoms with Crippen molar-refractivity contribution in [3.8, 4) is 16.9 Å². The van der Waals surface area contributed by atoms with Crippen LogP contribution in [-0.4, -0.2) is 60.4 Å². The van der Waals surface area contributed by atoms with Gasteiger partial charge in [-0.3, -0.25) is 4.79 Å². The second-order valence-electron chi connectivity index (χ2n) is 14.3. The number of alkyl carbamates (subject to hydrolysis) is 1. The van der Waals surface area contributed by atoms with E-state index >= 15 is 0 Å². The molecule has 3 aromatic rings. The second kappa shape index (κ2) is 20.2. The van der Waals surface area contributed by atoms with Gasteiger partial charge < -0.3 is 30.0 Å². The second-order valence-corrected chi connectivity index (χ2v) is 14.3. The van der Waals surface area contributed by atoms with Crippen molar-refractivity contribution in [1.29, 1.82) is 0 Å². The number of carboxylic acids is 1. The van der Waals surface area contributed by atoms with Crippen LogP contribution in [0.4, 0.5) is 4.79 Å². The van der Waals surface area contributed by atoms with Crippen molar-refractivity contribution < 1.29 is 38.5 Å². The summed E-state index contributed by atoms with van der Waals surface area (Å²) in [4.78, 5) is 48.8. The lowest BCUT2D eigenvalue weighted by atomic mass is 9.98. The number of carboxylic acid groups (broad SMARTS) is 1. The van der Waals surface area contributed by atoms with Crippen LogP contribution in [0.25, 0.3) is 11.1 Å². The predicted octanol–water partition coefficient (Wildman–Crippen LogP) is 8.42. The number of esters is 1. The molecule has 2 amide bonds. The molecule has 0 aromatic heterocycles. The van der Waals surface area contributed by atoms with Gasteiger partial charge in [-0.2, -0.15) is 0 Å². The van der Waals surface area contributed by atoms with Crippen LogP contribution in [0, 0.1) is 0 Å². The summed E-state index contributed by atoms with van der Waals surface area (Å²) in [5, 5.41) is 14.8. The molecule has 0 saturated carbocycles. The largest absolute Gasteiger partial charge is 0.494 e. The van der Waals surface area contributed by atoms with Crippen LogP contribution in [0.3, 0.4) is 0 Å². The number of fused-ring (bicyclic) bond motifs is 3. The molecule has 0 aliphatic heterocycles. The van der Waals surface area contributed by atoms with Gasteiger partial charge in [0.15, 0.2) is 0 Å². The molecule has 1 aliphatic carbocycles. The zero-order chi connectivity index (χ0) is 37.3. The fraction of sp³-hybridized carbons (Fsp3) is 0.476. The molecule has 3 aromatic carbocycles. The molecule has 10 nitrogen and oxygen atoms in total. The maximum Gasteiger partial charge on any atom is 0.407 e. The van der Waals surface area contributed by atoms with Gasteiger partial charge in [-0.15, -0.1) is 0 Å². The van der Waals surface area contributed by atoms with Crippen LogP contribution >= 0.6 is 0 Å². The summed E-state index contributed by atoms with van der Waals surface area (Å²) in [5.74, 6) is -1.10. The van der Waals surface area contributed by atoms with Crippen LogP contribution in [0.5, 0.6) is 5.75 Å². The van der Waals surface area contributed by atoms with E-state index in [1.165, 1.54) is 0 Å². The number of carbonyl (C=O) groups excluding carboxylic acids is 3. The Morgan fingerprint density at radius 3 is 1.88 bits per heavy atom. The molecule has 1 aliphatic rings. The fourth-order valence-corrected chi connectivity index (χ4v) is 6.33. The van der Waals surface area contributed by atoms with Gasteiger partial charge in [-0.1, -0.05) is 93.5 Å². The minimum absolute atomic E-state index is 0.0559. The molecule has 0 saturated heterocycles. The number of benzene rings is 3. The predicted molar refractivity (Wildman–Crippen MR) is 201 cm³/mol. The Balaban J connectivity index is 0.986. The van der Waals surface area contributed by atoms with Crippen molar-refractivity contribution >= 4 is 23.9 Å². The molecule has 10 heteroatoms. The quantitative estimate of drug-likeness (QED) is 0.0738. The van der Waals surface area contributed by atoms with Gasteiger partial charge in [-0.05, 0) is 86.6 Å². The maximum atomic E-state index is 12.4. The highest BCUT2D eigenvalue weighted by Gasteiger charge is 2.29. The van der Waals surface area contributed by atoms with Crippen molar-refractivity contribution in [2.75, 3.05) is 19.8 Å². The Kier molecular flexibility index (Phi) is 15.5. The standard InChI is InChI=1S/C42H54N2O8/c1-42(2,3)52-40(48)30-22-24-31(25-23-30)50-28-16-10-8-6-4-5-7-9-11-21-38(45)44-37(39(46)47)26-27-43-41(49)51-29-36-34-19-14-12-17-32(34)33-18-13-15-20-35(33)36/h12-15,17-20,22-25,36-37H,4-11,16,21,26-29H2,1-3H3,(H,43,49)(H,44,45)(H,46,47). The molecule has 0 bridgehead atoms. The maximum absolute atomic E-state index is 12.4. The van der Waals surface area contributed by atoms with Crippen molar-refractivity contribution in [3.05, 3.63) is 89.5 Å². The number of hydrogen-bond donors (Lipinski definition) is 3. The topological polar surface area (TPSA) is 140 Å². The van der Waals surface area contributed by atoms with E-state index in [9.17, 15) is 24.3 Å². The average molecular weight is 715 g/mol. The number of hydrogen-bond acceptors (Lipinski definition) is 7. The first-order valence-corrected chi connectivity index (χ1v) is 18.6. The summed E-state index contributed by atoms with van der Waals surface area (Å²) in [7, 11) is 0. The highest BCUT2D eigenvalue weighted by molar-refractivity contribution is 5.89. The number of amides is 2. The first kappa shape index (κ1) is 39.9. The Bertz CT molecular complexity index is 1570. The molecule has 1 unspecified atom stereocenters. The first-order valence-electron chi connectivity index (χ1n) is 18.6. The number of ether oxygens (including phenoxy) is 3. The van der Waals surface area contributed by atoms with Gasteiger partial charge in [-0.25, -0.2) is 14.4 Å². The third-order valence-electron chi connectivity index (χ3n) is 8.99. The lowest BCUT2D eigenvalue weighted by Crippen LogP contribution is -2.43. The highest BCUT2D eigenvalue weighted by Crippen LogP contribution is 2.44. The summed E-state index contributed by atoms with van der Waals surface area (Å²) in [5.41, 5.74) is 4.49. The minimum atomic E-state index is -1.14. The van der Waals surface area contributed by atoms with Crippen LogP contribution in [0.1, 0.15) is 119 Å². The number of carbonyl (C=O) groups is 4. The summed E-state index contributed by atoms with van der Waals surface area (Å²) in [6.45, 7) is 6.39. The molecule has 280 valence electrons. The third kappa shape index (κ3) is 13.0. The van der Waals surface area contributed by atoms with Gasteiger partial charge in [0.25, 0.3) is 0 Å². The monoisotopic (exact) mass is 714 g/mol. The Labute approximate surface area is 307 Å². The molecular weight excluding hydrogens is 660 g/mol. The van der Waals surface area contributed by atoms with Crippen LogP contribution in [0.15, 0.2) is 72.8 Å². The molecule has 52 heavy (non-hydrogen) atoms. The number of aliphatic carboxylic acids is 1. The number of nitrogens with one attached hydrogen (secondary N) is 2. The van der Waals surface area contributed by atoms with E-state index in [4.69, 9.17) is 14.2 Å². The highest BCUT2D eigenvalue weighted by atomic mass is 16.6. The smallest absolute Gasteiger partial charge is 0.407 e. The van der Waals surface area contributed by atoms with Crippen LogP contribution in [0.2, 0.25) is 0 Å². The van der Waals surface area contributed by atoms with Gasteiger partial charge in [0.1, 0.15) is 24.0 Å². The number of unbranched alkanes of at least 4 members (excludes halogenated alkanes) is 8. The average Bonchev–Trinajstić information content (AvgIpc) is 3.43.